The number of carbonyl (C=O) groups is 1. The van der Waals surface area contributed by atoms with E-state index in [1.807, 2.05) is 12.2 Å². The fourth-order valence-corrected chi connectivity index (χ4v) is 10.6. The molecule has 2 fully saturated rings. The third-order valence-electron chi connectivity index (χ3n) is 16.2. The predicted molar refractivity (Wildman–Crippen MR) is 373 cm³/mol. The average molecular weight is 1270 g/mol. The van der Waals surface area contributed by atoms with Crippen LogP contribution in [0, 0.1) is 0 Å². The molecule has 0 radical (unpaired) electrons. The van der Waals surface area contributed by atoms with Gasteiger partial charge in [0.1, 0.15) is 48.8 Å². The Morgan fingerprint density at radius 3 is 1.21 bits per heavy atom. The highest BCUT2D eigenvalue weighted by Crippen LogP contribution is 2.30. The Morgan fingerprint density at radius 1 is 0.407 bits per heavy atom. The van der Waals surface area contributed by atoms with E-state index < -0.39 is 86.8 Å². The Hall–Kier alpha value is -4.13. The fourth-order valence-electron chi connectivity index (χ4n) is 10.6. The number of nitrogens with one attached hydrogen (secondary N) is 1. The normalized spacial score (nSPS) is 23.7. The number of aliphatic hydroxyl groups excluding tert-OH is 8. The van der Waals surface area contributed by atoms with Crippen LogP contribution >= 0.6 is 0 Å². The van der Waals surface area contributed by atoms with Gasteiger partial charge in [0.2, 0.25) is 5.91 Å². The fraction of sp³-hybridized carbons (Fsp3) is 0.675. The van der Waals surface area contributed by atoms with Crippen molar-refractivity contribution in [1.29, 1.82) is 0 Å². The van der Waals surface area contributed by atoms with E-state index in [1.165, 1.54) is 116 Å². The molecule has 2 heterocycles. The van der Waals surface area contributed by atoms with Crippen LogP contribution in [0.1, 0.15) is 239 Å². The first-order valence-corrected chi connectivity index (χ1v) is 35.6. The number of ether oxygens (including phenoxy) is 4. The number of hydrogen-bond donors (Lipinski definition) is 9. The summed E-state index contributed by atoms with van der Waals surface area (Å²) in [6.07, 6.45) is 73.4. The zero-order chi connectivity index (χ0) is 65.9. The highest BCUT2D eigenvalue weighted by atomic mass is 16.7. The van der Waals surface area contributed by atoms with Crippen molar-refractivity contribution >= 4 is 5.91 Å². The molecule has 2 aliphatic rings. The van der Waals surface area contributed by atoms with Crippen molar-refractivity contribution in [3.05, 3.63) is 146 Å². The quantitative estimate of drug-likeness (QED) is 0.0204. The van der Waals surface area contributed by atoms with E-state index in [4.69, 9.17) is 18.9 Å². The van der Waals surface area contributed by atoms with Crippen LogP contribution < -0.4 is 5.32 Å². The molecule has 0 spiro atoms. The minimum Gasteiger partial charge on any atom is -0.394 e. The second kappa shape index (κ2) is 59.6. The van der Waals surface area contributed by atoms with Crippen LogP contribution in [0.4, 0.5) is 0 Å². The van der Waals surface area contributed by atoms with Crippen LogP contribution in [0.25, 0.3) is 0 Å². The Morgan fingerprint density at radius 2 is 0.769 bits per heavy atom. The SMILES string of the molecule is CC/C=C\C/C=C\C/C=C\C/C=C\C/C=C\C/C=C\C/C=C\C/C=C\C/C=C\CCCC(=O)NC(COC1OC(CO)C(OC2OC(CO)C(O)C(O)C2O)C(O)C1O)C(O)/C=C/CC/C=C/CC/C=C/CCCCCCCCCCCCCCCCCCCC. The lowest BCUT2D eigenvalue weighted by Crippen LogP contribution is -2.65. The van der Waals surface area contributed by atoms with Gasteiger partial charge < -0.3 is 65.1 Å². The molecule has 2 aliphatic heterocycles. The summed E-state index contributed by atoms with van der Waals surface area (Å²) < 4.78 is 22.8. The monoisotopic (exact) mass is 1270 g/mol. The van der Waals surface area contributed by atoms with Gasteiger partial charge in [-0.2, -0.15) is 0 Å². The molecule has 12 atom stereocenters. The summed E-state index contributed by atoms with van der Waals surface area (Å²) in [7, 11) is 0. The van der Waals surface area contributed by atoms with E-state index in [0.717, 1.165) is 83.5 Å². The van der Waals surface area contributed by atoms with Crippen LogP contribution in [0.3, 0.4) is 0 Å². The molecule has 0 saturated carbocycles. The Labute approximate surface area is 551 Å². The van der Waals surface area contributed by atoms with Gasteiger partial charge in [-0.15, -0.1) is 0 Å². The van der Waals surface area contributed by atoms with Crippen molar-refractivity contribution in [2.45, 2.75) is 312 Å². The minimum atomic E-state index is -1.81. The first kappa shape index (κ1) is 83.0. The van der Waals surface area contributed by atoms with E-state index in [9.17, 15) is 45.6 Å². The second-order valence-corrected chi connectivity index (χ2v) is 24.3. The summed E-state index contributed by atoms with van der Waals surface area (Å²) in [5.41, 5.74) is 0. The number of hydrogen-bond acceptors (Lipinski definition) is 13. The minimum absolute atomic E-state index is 0.180. The summed E-state index contributed by atoms with van der Waals surface area (Å²) in [4.78, 5) is 13.3. The zero-order valence-corrected chi connectivity index (χ0v) is 56.3. The Kier molecular flexibility index (Phi) is 54.3. The molecule has 14 heteroatoms. The number of aliphatic hydroxyl groups is 8. The van der Waals surface area contributed by atoms with Crippen molar-refractivity contribution in [1.82, 2.24) is 5.32 Å². The third-order valence-corrected chi connectivity index (χ3v) is 16.2. The molecule has 0 aromatic rings. The van der Waals surface area contributed by atoms with Crippen LogP contribution in [-0.2, 0) is 23.7 Å². The van der Waals surface area contributed by atoms with Crippen LogP contribution in [0.15, 0.2) is 146 Å². The largest absolute Gasteiger partial charge is 0.394 e. The maximum absolute atomic E-state index is 13.3. The lowest BCUT2D eigenvalue weighted by Gasteiger charge is -2.46. The van der Waals surface area contributed by atoms with Crippen molar-refractivity contribution in [2.75, 3.05) is 19.8 Å². The van der Waals surface area contributed by atoms with Gasteiger partial charge in [0.25, 0.3) is 0 Å². The lowest BCUT2D eigenvalue weighted by atomic mass is 9.97. The highest BCUT2D eigenvalue weighted by Gasteiger charge is 2.51. The molecular weight excluding hydrogens is 1150 g/mol. The Bertz CT molecular complexity index is 2090. The van der Waals surface area contributed by atoms with Crippen molar-refractivity contribution in [3.8, 4) is 0 Å². The standard InChI is InChI=1S/C77H127NO13/c1-3-5-7-9-11-13-15-17-19-21-23-25-27-29-31-33-35-37-39-41-43-45-47-49-51-53-55-57-59-61-69(82)78-65(64-88-76-74(87)72(85)75(68(63-80)90-76)91-77-73(86)71(84)70(83)67(62-79)89-77)66(81)60-58-56-54-52-50-48-46-44-42-40-38-36-34-32-30-28-26-24-22-20-18-16-14-12-10-8-6-4-2/h5,7,11,13,17,19,23,25,29,31,35,37,41-44,47,49-50,52-53,55,58,60,65-68,70-77,79-81,83-87H,3-4,6,8-10,12,14-16,18,20-22,24,26-28,30,32-34,36,38-40,45-46,48,51,54,56-57,59,61-64H2,1-2H3,(H,78,82)/b7-5-,13-11-,19-17-,25-23-,31-29-,37-35-,43-41-,44-42+,49-47-,52-50+,55-53-,60-58+. The summed E-state index contributed by atoms with van der Waals surface area (Å²) in [5, 5.41) is 87.4. The second-order valence-electron chi connectivity index (χ2n) is 24.3. The van der Waals surface area contributed by atoms with Gasteiger partial charge in [-0.25, -0.2) is 0 Å². The van der Waals surface area contributed by atoms with Gasteiger partial charge in [0, 0.05) is 6.42 Å². The molecular formula is C77H127NO13. The zero-order valence-electron chi connectivity index (χ0n) is 56.3. The maximum Gasteiger partial charge on any atom is 0.220 e. The van der Waals surface area contributed by atoms with Gasteiger partial charge in [-0.05, 0) is 109 Å². The Balaban J connectivity index is 1.75. The van der Waals surface area contributed by atoms with Gasteiger partial charge in [-0.3, -0.25) is 4.79 Å². The number of unbranched alkanes of at least 4 members (excludes halogenated alkanes) is 21. The number of carbonyl (C=O) groups excluding carboxylic acids is 1. The van der Waals surface area contributed by atoms with Crippen molar-refractivity contribution in [2.24, 2.45) is 0 Å². The van der Waals surface area contributed by atoms with Gasteiger partial charge in [0.15, 0.2) is 12.6 Å². The van der Waals surface area contributed by atoms with Crippen LogP contribution in [-0.4, -0.2) is 140 Å². The molecule has 12 unspecified atom stereocenters. The molecule has 0 bridgehead atoms. The van der Waals surface area contributed by atoms with Gasteiger partial charge >= 0.3 is 0 Å². The first-order chi connectivity index (χ1) is 44.6. The molecule has 0 aliphatic carbocycles. The first-order valence-electron chi connectivity index (χ1n) is 35.6. The molecule has 2 rings (SSSR count). The molecule has 91 heavy (non-hydrogen) atoms. The molecule has 0 aromatic heterocycles. The number of allylic oxidation sites excluding steroid dienone is 23. The predicted octanol–water partition coefficient (Wildman–Crippen LogP) is 14.8. The summed E-state index contributed by atoms with van der Waals surface area (Å²) in [6.45, 7) is 2.63. The number of amides is 1. The van der Waals surface area contributed by atoms with E-state index in [1.54, 1.807) is 6.08 Å². The lowest BCUT2D eigenvalue weighted by molar-refractivity contribution is -0.359. The highest BCUT2D eigenvalue weighted by molar-refractivity contribution is 5.76. The molecule has 1 amide bonds. The smallest absolute Gasteiger partial charge is 0.220 e. The summed E-state index contributed by atoms with van der Waals surface area (Å²) >= 11 is 0. The van der Waals surface area contributed by atoms with E-state index in [2.05, 4.69) is 147 Å². The average Bonchev–Trinajstić information content (AvgIpc) is 1.06. The molecule has 14 nitrogen and oxygen atoms in total. The van der Waals surface area contributed by atoms with Crippen LogP contribution in [0.2, 0.25) is 0 Å². The third kappa shape index (κ3) is 43.5. The van der Waals surface area contributed by atoms with E-state index >= 15 is 0 Å². The molecule has 2 saturated heterocycles. The molecule has 9 N–H and O–H groups in total. The number of rotatable bonds is 56. The van der Waals surface area contributed by atoms with E-state index in [0.29, 0.717) is 19.3 Å². The molecule has 0 aromatic carbocycles. The van der Waals surface area contributed by atoms with Gasteiger partial charge in [-0.1, -0.05) is 269 Å². The topological polar surface area (TPSA) is 228 Å². The summed E-state index contributed by atoms with van der Waals surface area (Å²) in [6, 6.07) is -0.982. The maximum atomic E-state index is 13.3. The van der Waals surface area contributed by atoms with Gasteiger partial charge in [0.05, 0.1) is 32.0 Å². The van der Waals surface area contributed by atoms with Crippen LogP contribution in [0.5, 0.6) is 0 Å². The summed E-state index contributed by atoms with van der Waals surface area (Å²) in [5.74, 6) is -0.316. The van der Waals surface area contributed by atoms with E-state index in [-0.39, 0.29) is 18.9 Å². The molecule has 518 valence electrons. The van der Waals surface area contributed by atoms with Crippen molar-refractivity contribution in [3.63, 3.8) is 0 Å². The van der Waals surface area contributed by atoms with Crippen molar-refractivity contribution < 1.29 is 64.6 Å².